The summed E-state index contributed by atoms with van der Waals surface area (Å²) < 4.78 is 36.2. The van der Waals surface area contributed by atoms with E-state index in [1.807, 2.05) is 0 Å². The number of amides is 3. The van der Waals surface area contributed by atoms with Gasteiger partial charge in [0, 0.05) is 10.9 Å². The number of nitrogen functional groups attached to an aromatic ring is 1. The van der Waals surface area contributed by atoms with Crippen molar-refractivity contribution in [3.8, 4) is 17.2 Å². The molecule has 218 valence electrons. The van der Waals surface area contributed by atoms with Gasteiger partial charge in [-0.15, -0.1) is 0 Å². The number of aryl methyl sites for hydroxylation is 1. The molecule has 1 saturated heterocycles. The van der Waals surface area contributed by atoms with E-state index in [-0.39, 0.29) is 34.4 Å². The van der Waals surface area contributed by atoms with Crippen LogP contribution in [0, 0.1) is 24.5 Å². The van der Waals surface area contributed by atoms with Crippen LogP contribution in [-0.2, 0) is 4.79 Å². The second kappa shape index (κ2) is 10.4. The number of hydrogen-bond acceptors (Lipinski definition) is 6. The predicted molar refractivity (Wildman–Crippen MR) is 156 cm³/mol. The van der Waals surface area contributed by atoms with Crippen LogP contribution in [0.1, 0.15) is 35.5 Å². The summed E-state index contributed by atoms with van der Waals surface area (Å²) in [6.07, 6.45) is 1.33. The van der Waals surface area contributed by atoms with Gasteiger partial charge < -0.3 is 20.8 Å². The van der Waals surface area contributed by atoms with Gasteiger partial charge >= 0.3 is 6.03 Å². The number of carbonyl (C=O) groups excluding carboxylic acids is 3. The van der Waals surface area contributed by atoms with E-state index in [0.717, 1.165) is 11.0 Å². The summed E-state index contributed by atoms with van der Waals surface area (Å²) in [5.41, 5.74) is 7.98. The molecular weight excluding hydrogens is 558 g/mol. The number of ether oxygens (including phenoxy) is 1. The van der Waals surface area contributed by atoms with E-state index >= 15 is 4.39 Å². The van der Waals surface area contributed by atoms with Gasteiger partial charge in [-0.1, -0.05) is 26.0 Å². The Labute approximate surface area is 244 Å². The number of hydrogen-bond donors (Lipinski definition) is 3. The molecule has 10 nitrogen and oxygen atoms in total. The standard InChI is InChI=1S/C31H26F2N6O4/c1-15(2)27-30(41)38(31(42)37-27)25-13-22-17(11-21(25)33)12-23(36-22)28(40)19-14-35-39(29(19)34)24-9-8-18(10-16(24)3)43-26-7-5-4-6-20(26)32/h4-15,27,36H,34H2,1-3H3,(H,37,42)/t27-/m0/s1. The number of urea groups is 1. The number of nitrogens with two attached hydrogens (primary N) is 1. The Hall–Kier alpha value is -5.52. The third-order valence-corrected chi connectivity index (χ3v) is 7.32. The number of halogens is 2. The van der Waals surface area contributed by atoms with E-state index in [1.54, 1.807) is 51.1 Å². The molecular formula is C31H26F2N6O4. The van der Waals surface area contributed by atoms with Crippen LogP contribution >= 0.6 is 0 Å². The van der Waals surface area contributed by atoms with E-state index in [2.05, 4.69) is 15.4 Å². The Kier molecular flexibility index (Phi) is 6.68. The van der Waals surface area contributed by atoms with Gasteiger partial charge in [0.2, 0.25) is 5.78 Å². The number of fused-ring (bicyclic) bond motifs is 1. The highest BCUT2D eigenvalue weighted by Crippen LogP contribution is 2.32. The largest absolute Gasteiger partial charge is 0.454 e. The number of aromatic amines is 1. The normalized spacial score (nSPS) is 15.0. The van der Waals surface area contributed by atoms with Gasteiger partial charge in [0.15, 0.2) is 11.6 Å². The van der Waals surface area contributed by atoms with Crippen LogP contribution in [0.25, 0.3) is 16.6 Å². The van der Waals surface area contributed by atoms with Gasteiger partial charge in [0.1, 0.15) is 23.4 Å². The first-order valence-electron chi connectivity index (χ1n) is 13.4. The van der Waals surface area contributed by atoms with Crippen molar-refractivity contribution in [3.05, 3.63) is 95.3 Å². The molecule has 43 heavy (non-hydrogen) atoms. The molecule has 3 amide bonds. The molecule has 0 saturated carbocycles. The lowest BCUT2D eigenvalue weighted by atomic mass is 10.0. The molecule has 1 aliphatic rings. The fraction of sp³-hybridized carbons (Fsp3) is 0.161. The van der Waals surface area contributed by atoms with E-state index < -0.39 is 35.4 Å². The number of nitrogens with zero attached hydrogens (tertiary/aromatic N) is 3. The smallest absolute Gasteiger partial charge is 0.329 e. The molecule has 0 aliphatic carbocycles. The van der Waals surface area contributed by atoms with Gasteiger partial charge in [-0.05, 0) is 66.9 Å². The Morgan fingerprint density at radius 2 is 1.79 bits per heavy atom. The van der Waals surface area contributed by atoms with Crippen molar-refractivity contribution in [3.63, 3.8) is 0 Å². The molecule has 1 aliphatic heterocycles. The molecule has 1 fully saturated rings. The van der Waals surface area contributed by atoms with Gasteiger partial charge in [-0.3, -0.25) is 9.59 Å². The number of ketones is 1. The lowest BCUT2D eigenvalue weighted by Crippen LogP contribution is -2.34. The second-order valence-electron chi connectivity index (χ2n) is 10.6. The summed E-state index contributed by atoms with van der Waals surface area (Å²) in [6, 6.07) is 13.5. The summed E-state index contributed by atoms with van der Waals surface area (Å²) in [6.45, 7) is 5.36. The predicted octanol–water partition coefficient (Wildman–Crippen LogP) is 5.63. The maximum atomic E-state index is 15.1. The second-order valence-corrected chi connectivity index (χ2v) is 10.6. The molecule has 4 N–H and O–H groups in total. The number of imide groups is 1. The van der Waals surface area contributed by atoms with Crippen LogP contribution in [-0.4, -0.2) is 38.5 Å². The molecule has 0 radical (unpaired) electrons. The Balaban J connectivity index is 1.28. The molecule has 3 heterocycles. The minimum absolute atomic E-state index is 0.0699. The minimum Gasteiger partial charge on any atom is -0.454 e. The maximum absolute atomic E-state index is 15.1. The summed E-state index contributed by atoms with van der Waals surface area (Å²) in [7, 11) is 0. The fourth-order valence-electron chi connectivity index (χ4n) is 5.07. The minimum atomic E-state index is -0.788. The van der Waals surface area contributed by atoms with Gasteiger partial charge in [-0.2, -0.15) is 5.10 Å². The average molecular weight is 585 g/mol. The van der Waals surface area contributed by atoms with E-state index in [1.165, 1.54) is 35.1 Å². The summed E-state index contributed by atoms with van der Waals surface area (Å²) >= 11 is 0. The molecule has 12 heteroatoms. The number of H-pyrrole nitrogens is 1. The van der Waals surface area contributed by atoms with Crippen molar-refractivity contribution in [1.29, 1.82) is 0 Å². The molecule has 3 aromatic carbocycles. The third-order valence-electron chi connectivity index (χ3n) is 7.32. The molecule has 0 bridgehead atoms. The monoisotopic (exact) mass is 584 g/mol. The van der Waals surface area contributed by atoms with Crippen LogP contribution < -0.4 is 20.7 Å². The number of nitrogens with one attached hydrogen (secondary N) is 2. The highest BCUT2D eigenvalue weighted by molar-refractivity contribution is 6.22. The van der Waals surface area contributed by atoms with Crippen LogP contribution in [0.5, 0.6) is 11.5 Å². The van der Waals surface area contributed by atoms with Crippen molar-refractivity contribution in [1.82, 2.24) is 20.1 Å². The molecule has 5 aromatic rings. The number of para-hydroxylation sites is 1. The van der Waals surface area contributed by atoms with Gasteiger partial charge in [0.25, 0.3) is 5.91 Å². The Bertz CT molecular complexity index is 1950. The van der Waals surface area contributed by atoms with Crippen molar-refractivity contribution >= 4 is 40.1 Å². The lowest BCUT2D eigenvalue weighted by molar-refractivity contribution is -0.119. The molecule has 0 spiro atoms. The Morgan fingerprint density at radius 1 is 1.02 bits per heavy atom. The highest BCUT2D eigenvalue weighted by Gasteiger charge is 2.41. The highest BCUT2D eigenvalue weighted by atomic mass is 19.1. The molecule has 6 rings (SSSR count). The zero-order valence-electron chi connectivity index (χ0n) is 23.3. The third kappa shape index (κ3) is 4.76. The number of carbonyl (C=O) groups is 3. The van der Waals surface area contributed by atoms with Gasteiger partial charge in [0.05, 0.1) is 28.8 Å². The first-order valence-corrected chi connectivity index (χ1v) is 13.4. The summed E-state index contributed by atoms with van der Waals surface area (Å²) in [5, 5.41) is 7.24. The van der Waals surface area contributed by atoms with Crippen LogP contribution in [0.4, 0.5) is 25.1 Å². The number of aromatic nitrogens is 3. The summed E-state index contributed by atoms with van der Waals surface area (Å²) in [5.74, 6) is -1.94. The quantitative estimate of drug-likeness (QED) is 0.168. The topological polar surface area (TPSA) is 135 Å². The van der Waals surface area contributed by atoms with E-state index in [9.17, 15) is 18.8 Å². The summed E-state index contributed by atoms with van der Waals surface area (Å²) in [4.78, 5) is 42.5. The Morgan fingerprint density at radius 3 is 2.49 bits per heavy atom. The fourth-order valence-corrected chi connectivity index (χ4v) is 5.07. The average Bonchev–Trinajstić information content (AvgIpc) is 3.64. The first-order chi connectivity index (χ1) is 20.5. The van der Waals surface area contributed by atoms with E-state index in [0.29, 0.717) is 27.9 Å². The van der Waals surface area contributed by atoms with Crippen molar-refractivity contribution in [2.45, 2.75) is 26.8 Å². The van der Waals surface area contributed by atoms with Gasteiger partial charge in [-0.25, -0.2) is 23.2 Å². The van der Waals surface area contributed by atoms with E-state index in [4.69, 9.17) is 10.5 Å². The van der Waals surface area contributed by atoms with Crippen LogP contribution in [0.2, 0.25) is 0 Å². The number of benzene rings is 3. The zero-order valence-corrected chi connectivity index (χ0v) is 23.3. The van der Waals surface area contributed by atoms with Crippen molar-refractivity contribution < 1.29 is 27.9 Å². The van der Waals surface area contributed by atoms with Crippen LogP contribution in [0.3, 0.4) is 0 Å². The molecule has 1 atom stereocenters. The number of rotatable bonds is 7. The van der Waals surface area contributed by atoms with Crippen molar-refractivity contribution in [2.75, 3.05) is 10.6 Å². The SMILES string of the molecule is Cc1cc(Oc2ccccc2F)ccc1-n1ncc(C(=O)c2cc3cc(F)c(N4C(=O)N[C@@H](C(C)C)C4=O)cc3[nH]2)c1N. The molecule has 2 aromatic heterocycles. The number of anilines is 2. The van der Waals surface area contributed by atoms with Crippen LogP contribution in [0.15, 0.2) is 66.9 Å². The molecule has 0 unspecified atom stereocenters. The first kappa shape index (κ1) is 27.6. The lowest BCUT2D eigenvalue weighted by Gasteiger charge is -2.15. The van der Waals surface area contributed by atoms with Crippen molar-refractivity contribution in [2.24, 2.45) is 5.92 Å². The maximum Gasteiger partial charge on any atom is 0.329 e. The zero-order chi connectivity index (χ0) is 30.6.